The van der Waals surface area contributed by atoms with Crippen LogP contribution < -0.4 is 4.74 Å². The molecule has 0 heterocycles. The third-order valence-corrected chi connectivity index (χ3v) is 2.13. The van der Waals surface area contributed by atoms with Crippen molar-refractivity contribution in [1.82, 2.24) is 0 Å². The highest BCUT2D eigenvalue weighted by atomic mass is 16.5. The number of aromatic hydroxyl groups is 2. The predicted octanol–water partition coefficient (Wildman–Crippen LogP) is 0.590. The third-order valence-electron chi connectivity index (χ3n) is 2.13. The van der Waals surface area contributed by atoms with Crippen LogP contribution in [0.2, 0.25) is 0 Å². The van der Waals surface area contributed by atoms with Gasteiger partial charge < -0.3 is 20.1 Å². The number of carbonyl (C=O) groups excluding carboxylic acids is 1. The molecule has 0 fully saturated rings. The number of ketones is 1. The lowest BCUT2D eigenvalue weighted by atomic mass is 10.0. The molecule has 0 unspecified atom stereocenters. The minimum absolute atomic E-state index is 0.0367. The Morgan fingerprint density at radius 1 is 1.47 bits per heavy atom. The topological polar surface area (TPSA) is 87.0 Å². The summed E-state index contributed by atoms with van der Waals surface area (Å²) in [5.41, 5.74) is 0.0582. The van der Waals surface area contributed by atoms with Gasteiger partial charge in [0.15, 0.2) is 5.78 Å². The summed E-state index contributed by atoms with van der Waals surface area (Å²) in [4.78, 5) is 11.3. The molecule has 1 aromatic carbocycles. The lowest BCUT2D eigenvalue weighted by Crippen LogP contribution is -2.07. The molecule has 5 heteroatoms. The van der Waals surface area contributed by atoms with Crippen LogP contribution in [0, 0.1) is 6.92 Å². The Hall–Kier alpha value is -1.75. The Kier molecular flexibility index (Phi) is 3.16. The number of aliphatic hydroxyl groups is 1. The van der Waals surface area contributed by atoms with Crippen LogP contribution in [0.5, 0.6) is 17.2 Å². The van der Waals surface area contributed by atoms with Gasteiger partial charge >= 0.3 is 0 Å². The first-order chi connectivity index (χ1) is 7.02. The maximum absolute atomic E-state index is 11.3. The zero-order valence-electron chi connectivity index (χ0n) is 8.44. The number of rotatable bonds is 3. The molecule has 3 N–H and O–H groups in total. The van der Waals surface area contributed by atoms with Gasteiger partial charge in [0.05, 0.1) is 7.11 Å². The molecule has 0 atom stereocenters. The molecular formula is C10H12O5. The average molecular weight is 212 g/mol. The van der Waals surface area contributed by atoms with Crippen LogP contribution in [0.15, 0.2) is 6.07 Å². The molecular weight excluding hydrogens is 200 g/mol. The van der Waals surface area contributed by atoms with Crippen LogP contribution in [-0.2, 0) is 0 Å². The third kappa shape index (κ3) is 1.87. The highest BCUT2D eigenvalue weighted by Crippen LogP contribution is 2.37. The Balaban J connectivity index is 3.47. The largest absolute Gasteiger partial charge is 0.507 e. The van der Waals surface area contributed by atoms with Crippen molar-refractivity contribution in [2.45, 2.75) is 6.92 Å². The van der Waals surface area contributed by atoms with Crippen molar-refractivity contribution in [1.29, 1.82) is 0 Å². The van der Waals surface area contributed by atoms with Crippen LogP contribution in [0.3, 0.4) is 0 Å². The fraction of sp³-hybridized carbons (Fsp3) is 0.300. The Morgan fingerprint density at radius 3 is 2.53 bits per heavy atom. The summed E-state index contributed by atoms with van der Waals surface area (Å²) >= 11 is 0. The fourth-order valence-electron chi connectivity index (χ4n) is 1.24. The summed E-state index contributed by atoms with van der Waals surface area (Å²) in [7, 11) is 1.30. The molecule has 0 amide bonds. The van der Waals surface area contributed by atoms with Gasteiger partial charge in [-0.15, -0.1) is 0 Å². The fourth-order valence-corrected chi connectivity index (χ4v) is 1.24. The first kappa shape index (κ1) is 11.3. The van der Waals surface area contributed by atoms with Gasteiger partial charge in [0.1, 0.15) is 29.4 Å². The smallest absolute Gasteiger partial charge is 0.195 e. The molecule has 0 aromatic heterocycles. The molecule has 0 aliphatic rings. The standard InChI is InChI=1S/C10H12O5/c1-5-6(12)3-8(15-2)9(10(5)14)7(13)4-11/h3,11-12,14H,4H2,1-2H3. The molecule has 15 heavy (non-hydrogen) atoms. The van der Waals surface area contributed by atoms with Crippen molar-refractivity contribution in [3.8, 4) is 17.2 Å². The minimum atomic E-state index is -0.728. The van der Waals surface area contributed by atoms with Crippen molar-refractivity contribution in [2.75, 3.05) is 13.7 Å². The normalized spacial score (nSPS) is 10.1. The summed E-state index contributed by atoms with van der Waals surface area (Å²) in [5.74, 6) is -1.16. The number of hydrogen-bond donors (Lipinski definition) is 3. The van der Waals surface area contributed by atoms with Crippen LogP contribution in [0.4, 0.5) is 0 Å². The zero-order valence-corrected chi connectivity index (χ0v) is 8.44. The van der Waals surface area contributed by atoms with E-state index < -0.39 is 12.4 Å². The predicted molar refractivity (Wildman–Crippen MR) is 52.5 cm³/mol. The van der Waals surface area contributed by atoms with E-state index in [-0.39, 0.29) is 28.4 Å². The van der Waals surface area contributed by atoms with E-state index in [0.29, 0.717) is 0 Å². The highest BCUT2D eigenvalue weighted by molar-refractivity contribution is 6.02. The van der Waals surface area contributed by atoms with Crippen molar-refractivity contribution >= 4 is 5.78 Å². The Labute approximate surface area is 86.5 Å². The van der Waals surface area contributed by atoms with Crippen LogP contribution in [-0.4, -0.2) is 34.8 Å². The number of methoxy groups -OCH3 is 1. The van der Waals surface area contributed by atoms with Gasteiger partial charge in [0, 0.05) is 11.6 Å². The number of phenolic OH excluding ortho intramolecular Hbond substituents is 2. The number of aliphatic hydroxyl groups excluding tert-OH is 1. The number of Topliss-reactive ketones (excluding diaryl/α,β-unsaturated/α-hetero) is 1. The summed E-state index contributed by atoms with van der Waals surface area (Å²) < 4.78 is 4.83. The second-order valence-electron chi connectivity index (χ2n) is 3.03. The van der Waals surface area contributed by atoms with Gasteiger partial charge in [-0.1, -0.05) is 0 Å². The van der Waals surface area contributed by atoms with Gasteiger partial charge in [0.25, 0.3) is 0 Å². The number of hydrogen-bond acceptors (Lipinski definition) is 5. The molecule has 5 nitrogen and oxygen atoms in total. The molecule has 1 aromatic rings. The first-order valence-electron chi connectivity index (χ1n) is 4.26. The number of ether oxygens (including phenoxy) is 1. The second kappa shape index (κ2) is 4.18. The van der Waals surface area contributed by atoms with E-state index in [4.69, 9.17) is 9.84 Å². The summed E-state index contributed by atoms with van der Waals surface area (Å²) in [6, 6.07) is 1.22. The number of benzene rings is 1. The number of carbonyl (C=O) groups is 1. The average Bonchev–Trinajstić information content (AvgIpc) is 2.24. The van der Waals surface area contributed by atoms with Crippen LogP contribution in [0.25, 0.3) is 0 Å². The molecule has 0 bridgehead atoms. The molecule has 1 rings (SSSR count). The Morgan fingerprint density at radius 2 is 2.07 bits per heavy atom. The van der Waals surface area contributed by atoms with E-state index >= 15 is 0 Å². The molecule has 0 saturated carbocycles. The summed E-state index contributed by atoms with van der Waals surface area (Å²) in [6.45, 7) is 0.729. The quantitative estimate of drug-likeness (QED) is 0.638. The van der Waals surface area contributed by atoms with E-state index in [1.807, 2.05) is 0 Å². The zero-order chi connectivity index (χ0) is 11.6. The van der Waals surface area contributed by atoms with Crippen molar-refractivity contribution in [2.24, 2.45) is 0 Å². The molecule has 0 radical (unpaired) electrons. The lowest BCUT2D eigenvalue weighted by Gasteiger charge is -2.11. The van der Waals surface area contributed by atoms with Crippen molar-refractivity contribution in [3.63, 3.8) is 0 Å². The maximum atomic E-state index is 11.3. The summed E-state index contributed by atoms with van der Waals surface area (Å²) in [5, 5.41) is 27.7. The van der Waals surface area contributed by atoms with Gasteiger partial charge in [-0.3, -0.25) is 4.79 Å². The van der Waals surface area contributed by atoms with Crippen LogP contribution >= 0.6 is 0 Å². The second-order valence-corrected chi connectivity index (χ2v) is 3.03. The summed E-state index contributed by atoms with van der Waals surface area (Å²) in [6.07, 6.45) is 0. The minimum Gasteiger partial charge on any atom is -0.507 e. The van der Waals surface area contributed by atoms with E-state index in [1.54, 1.807) is 0 Å². The monoisotopic (exact) mass is 212 g/mol. The van der Waals surface area contributed by atoms with Crippen molar-refractivity contribution in [3.05, 3.63) is 17.2 Å². The maximum Gasteiger partial charge on any atom is 0.195 e. The lowest BCUT2D eigenvalue weighted by molar-refractivity contribution is 0.0897. The molecule has 0 aliphatic carbocycles. The highest BCUT2D eigenvalue weighted by Gasteiger charge is 2.20. The van der Waals surface area contributed by atoms with Gasteiger partial charge in [-0.2, -0.15) is 0 Å². The van der Waals surface area contributed by atoms with E-state index in [1.165, 1.54) is 20.1 Å². The SMILES string of the molecule is COc1cc(O)c(C)c(O)c1C(=O)CO. The van der Waals surface area contributed by atoms with Gasteiger partial charge in [-0.25, -0.2) is 0 Å². The molecule has 0 saturated heterocycles. The molecule has 0 aliphatic heterocycles. The van der Waals surface area contributed by atoms with E-state index in [0.717, 1.165) is 0 Å². The molecule has 0 spiro atoms. The van der Waals surface area contributed by atoms with E-state index in [9.17, 15) is 15.0 Å². The van der Waals surface area contributed by atoms with Gasteiger partial charge in [-0.05, 0) is 6.92 Å². The first-order valence-corrected chi connectivity index (χ1v) is 4.26. The van der Waals surface area contributed by atoms with E-state index in [2.05, 4.69) is 0 Å². The van der Waals surface area contributed by atoms with Crippen molar-refractivity contribution < 1.29 is 24.9 Å². The van der Waals surface area contributed by atoms with Crippen LogP contribution in [0.1, 0.15) is 15.9 Å². The number of phenols is 2. The van der Waals surface area contributed by atoms with Gasteiger partial charge in [0.2, 0.25) is 0 Å². The Bertz CT molecular complexity index is 397. The molecule has 82 valence electrons.